The van der Waals surface area contributed by atoms with Gasteiger partial charge >= 0.3 is 0 Å². The maximum Gasteiger partial charge on any atom is 0.223 e. The third-order valence-corrected chi connectivity index (χ3v) is 4.41. The first-order chi connectivity index (χ1) is 8.66. The summed E-state index contributed by atoms with van der Waals surface area (Å²) in [5.74, 6) is 1.12. The molecule has 102 valence electrons. The minimum Gasteiger partial charge on any atom is -0.339 e. The summed E-state index contributed by atoms with van der Waals surface area (Å²) in [4.78, 5) is 25.7. The zero-order chi connectivity index (χ0) is 13.0. The average Bonchev–Trinajstić information content (AvgIpc) is 2.81. The molecule has 1 saturated heterocycles. The first-order valence-electron chi connectivity index (χ1n) is 7.45. The lowest BCUT2D eigenvalue weighted by Crippen LogP contribution is -2.45. The molecule has 1 atom stereocenters. The highest BCUT2D eigenvalue weighted by molar-refractivity contribution is 5.80. The highest BCUT2D eigenvalue weighted by Gasteiger charge is 2.29. The van der Waals surface area contributed by atoms with E-state index in [1.807, 2.05) is 4.90 Å². The summed E-state index contributed by atoms with van der Waals surface area (Å²) in [5, 5.41) is 0. The van der Waals surface area contributed by atoms with Crippen molar-refractivity contribution >= 4 is 11.7 Å². The van der Waals surface area contributed by atoms with Gasteiger partial charge in [-0.25, -0.2) is 0 Å². The molecule has 1 aliphatic carbocycles. The number of carbonyl (C=O) groups is 2. The van der Waals surface area contributed by atoms with Crippen LogP contribution >= 0.6 is 0 Å². The highest BCUT2D eigenvalue weighted by atomic mass is 16.2. The Hall–Kier alpha value is -0.860. The van der Waals surface area contributed by atoms with Gasteiger partial charge in [-0.15, -0.1) is 0 Å². The lowest BCUT2D eigenvalue weighted by Gasteiger charge is -2.36. The Labute approximate surface area is 110 Å². The van der Waals surface area contributed by atoms with Gasteiger partial charge in [-0.1, -0.05) is 12.8 Å². The minimum atomic E-state index is 0.185. The fourth-order valence-electron chi connectivity index (χ4n) is 3.45. The summed E-state index contributed by atoms with van der Waals surface area (Å²) in [6.45, 7) is 2.50. The summed E-state index contributed by atoms with van der Waals surface area (Å²) < 4.78 is 0. The summed E-state index contributed by atoms with van der Waals surface area (Å²) >= 11 is 0. The number of piperidine rings is 1. The van der Waals surface area contributed by atoms with Crippen molar-refractivity contribution in [1.82, 2.24) is 4.90 Å². The van der Waals surface area contributed by atoms with Gasteiger partial charge < -0.3 is 4.90 Å². The standard InChI is InChI=1S/C15H25NO2/c1-12(17)10-14-8-4-5-9-16(14)15(18)11-13-6-2-3-7-13/h13-14H,2-11H2,1H3. The van der Waals surface area contributed by atoms with Crippen LogP contribution in [0.4, 0.5) is 0 Å². The third kappa shape index (κ3) is 3.56. The lowest BCUT2D eigenvalue weighted by molar-refractivity contribution is -0.136. The molecule has 0 bridgehead atoms. The first kappa shape index (κ1) is 13.6. The van der Waals surface area contributed by atoms with E-state index in [2.05, 4.69) is 0 Å². The molecule has 1 heterocycles. The van der Waals surface area contributed by atoms with Crippen molar-refractivity contribution in [2.75, 3.05) is 6.54 Å². The third-order valence-electron chi connectivity index (χ3n) is 4.41. The van der Waals surface area contributed by atoms with Crippen molar-refractivity contribution in [1.29, 1.82) is 0 Å². The maximum atomic E-state index is 12.4. The Morgan fingerprint density at radius 2 is 1.67 bits per heavy atom. The van der Waals surface area contributed by atoms with Crippen LogP contribution in [-0.2, 0) is 9.59 Å². The van der Waals surface area contributed by atoms with Gasteiger partial charge in [0.15, 0.2) is 0 Å². The number of hydrogen-bond acceptors (Lipinski definition) is 2. The molecule has 1 unspecified atom stereocenters. The molecule has 18 heavy (non-hydrogen) atoms. The van der Waals surface area contributed by atoms with Crippen molar-refractivity contribution in [2.24, 2.45) is 5.92 Å². The second-order valence-electron chi connectivity index (χ2n) is 6.00. The molecule has 2 aliphatic rings. The van der Waals surface area contributed by atoms with Gasteiger partial charge in [0.1, 0.15) is 5.78 Å². The van der Waals surface area contributed by atoms with Crippen LogP contribution in [0, 0.1) is 5.92 Å². The number of Topliss-reactive ketones (excluding diaryl/α,β-unsaturated/α-hetero) is 1. The normalized spacial score (nSPS) is 25.4. The van der Waals surface area contributed by atoms with Gasteiger partial charge in [-0.3, -0.25) is 9.59 Å². The molecule has 1 saturated carbocycles. The van der Waals surface area contributed by atoms with Crippen molar-refractivity contribution < 1.29 is 9.59 Å². The van der Waals surface area contributed by atoms with E-state index in [1.54, 1.807) is 6.92 Å². The predicted octanol–water partition coefficient (Wildman–Crippen LogP) is 2.93. The van der Waals surface area contributed by atoms with Crippen molar-refractivity contribution in [3.63, 3.8) is 0 Å². The molecule has 1 aliphatic heterocycles. The minimum absolute atomic E-state index is 0.185. The second kappa shape index (κ2) is 6.35. The van der Waals surface area contributed by atoms with Gasteiger partial charge in [0.05, 0.1) is 0 Å². The van der Waals surface area contributed by atoms with Crippen LogP contribution in [0.5, 0.6) is 0 Å². The summed E-state index contributed by atoms with van der Waals surface area (Å²) in [6, 6.07) is 0.185. The van der Waals surface area contributed by atoms with Crippen molar-refractivity contribution in [3.8, 4) is 0 Å². The smallest absolute Gasteiger partial charge is 0.223 e. The molecular weight excluding hydrogens is 226 g/mol. The van der Waals surface area contributed by atoms with Crippen LogP contribution in [0.25, 0.3) is 0 Å². The molecule has 0 aromatic rings. The number of carbonyl (C=O) groups excluding carboxylic acids is 2. The van der Waals surface area contributed by atoms with E-state index in [0.29, 0.717) is 24.7 Å². The lowest BCUT2D eigenvalue weighted by atomic mass is 9.95. The van der Waals surface area contributed by atoms with Gasteiger partial charge in [-0.05, 0) is 44.9 Å². The predicted molar refractivity (Wildman–Crippen MR) is 71.2 cm³/mol. The number of hydrogen-bond donors (Lipinski definition) is 0. The van der Waals surface area contributed by atoms with Crippen molar-refractivity contribution in [2.45, 2.75) is 70.8 Å². The average molecular weight is 251 g/mol. The van der Waals surface area contributed by atoms with E-state index in [0.717, 1.165) is 25.8 Å². The molecule has 3 heteroatoms. The van der Waals surface area contributed by atoms with Crippen molar-refractivity contribution in [3.05, 3.63) is 0 Å². The Morgan fingerprint density at radius 3 is 2.33 bits per heavy atom. The second-order valence-corrected chi connectivity index (χ2v) is 6.00. The van der Waals surface area contributed by atoms with Crippen LogP contribution in [0.3, 0.4) is 0 Å². The van der Waals surface area contributed by atoms with Crippen LogP contribution < -0.4 is 0 Å². The molecule has 0 spiro atoms. The Morgan fingerprint density at radius 1 is 1.00 bits per heavy atom. The largest absolute Gasteiger partial charge is 0.339 e. The van der Waals surface area contributed by atoms with Gasteiger partial charge in [0, 0.05) is 25.4 Å². The molecule has 0 N–H and O–H groups in total. The quantitative estimate of drug-likeness (QED) is 0.770. The molecule has 1 amide bonds. The fraction of sp³-hybridized carbons (Fsp3) is 0.867. The van der Waals surface area contributed by atoms with Crippen LogP contribution in [0.15, 0.2) is 0 Å². The first-order valence-corrected chi connectivity index (χ1v) is 7.45. The van der Waals surface area contributed by atoms with E-state index >= 15 is 0 Å². The molecule has 3 nitrogen and oxygen atoms in total. The van der Waals surface area contributed by atoms with E-state index < -0.39 is 0 Å². The number of amides is 1. The molecular formula is C15H25NO2. The highest BCUT2D eigenvalue weighted by Crippen LogP contribution is 2.29. The number of rotatable bonds is 4. The zero-order valence-electron chi connectivity index (χ0n) is 11.5. The van der Waals surface area contributed by atoms with Gasteiger partial charge in [0.25, 0.3) is 0 Å². The van der Waals surface area contributed by atoms with Gasteiger partial charge in [0.2, 0.25) is 5.91 Å². The molecule has 0 aromatic carbocycles. The number of ketones is 1. The topological polar surface area (TPSA) is 37.4 Å². The van der Waals surface area contributed by atoms with E-state index in [1.165, 1.54) is 25.7 Å². The Kier molecular flexibility index (Phi) is 4.79. The van der Waals surface area contributed by atoms with Crippen LogP contribution in [0.2, 0.25) is 0 Å². The van der Waals surface area contributed by atoms with E-state index in [-0.39, 0.29) is 11.8 Å². The number of nitrogens with zero attached hydrogens (tertiary/aromatic N) is 1. The van der Waals surface area contributed by atoms with Crippen LogP contribution in [0.1, 0.15) is 64.7 Å². The summed E-state index contributed by atoms with van der Waals surface area (Å²) in [6.07, 6.45) is 9.55. The summed E-state index contributed by atoms with van der Waals surface area (Å²) in [5.41, 5.74) is 0. The van der Waals surface area contributed by atoms with Crippen LogP contribution in [-0.4, -0.2) is 29.2 Å². The maximum absolute atomic E-state index is 12.4. The summed E-state index contributed by atoms with van der Waals surface area (Å²) in [7, 11) is 0. The van der Waals surface area contributed by atoms with Gasteiger partial charge in [-0.2, -0.15) is 0 Å². The van der Waals surface area contributed by atoms with E-state index in [4.69, 9.17) is 0 Å². The Bertz CT molecular complexity index is 308. The molecule has 2 fully saturated rings. The molecule has 2 rings (SSSR count). The van der Waals surface area contributed by atoms with E-state index in [9.17, 15) is 9.59 Å². The monoisotopic (exact) mass is 251 g/mol. The molecule has 0 radical (unpaired) electrons. The fourth-order valence-corrected chi connectivity index (χ4v) is 3.45. The molecule has 0 aromatic heterocycles. The SMILES string of the molecule is CC(=O)CC1CCCCN1C(=O)CC1CCCC1. The Balaban J connectivity index is 1.90. The zero-order valence-corrected chi connectivity index (χ0v) is 11.5. The number of likely N-dealkylation sites (tertiary alicyclic amines) is 1.